The Hall–Kier alpha value is -1.61. The first-order valence-corrected chi connectivity index (χ1v) is 7.47. The van der Waals surface area contributed by atoms with Gasteiger partial charge < -0.3 is 14.6 Å². The van der Waals surface area contributed by atoms with Gasteiger partial charge in [-0.3, -0.25) is 0 Å². The molecular weight excluding hydrogens is 302 g/mol. The van der Waals surface area contributed by atoms with Crippen molar-refractivity contribution in [3.8, 4) is 10.7 Å². The molecule has 3 rings (SSSR count). The van der Waals surface area contributed by atoms with Gasteiger partial charge in [-0.05, 0) is 25.7 Å². The molecule has 2 unspecified atom stereocenters. The first-order chi connectivity index (χ1) is 10.2. The van der Waals surface area contributed by atoms with Crippen LogP contribution in [0.4, 0.5) is 13.9 Å². The van der Waals surface area contributed by atoms with Crippen molar-refractivity contribution < 1.29 is 18.0 Å². The number of hydrogen-bond donors (Lipinski definition) is 1. The van der Waals surface area contributed by atoms with Crippen LogP contribution < -0.4 is 5.32 Å². The molecule has 114 valence electrons. The van der Waals surface area contributed by atoms with Crippen LogP contribution in [0.15, 0.2) is 16.9 Å². The summed E-state index contributed by atoms with van der Waals surface area (Å²) in [4.78, 5) is 0. The zero-order valence-electron chi connectivity index (χ0n) is 11.0. The van der Waals surface area contributed by atoms with Gasteiger partial charge in [0, 0.05) is 12.1 Å². The van der Waals surface area contributed by atoms with E-state index in [1.807, 2.05) is 0 Å². The lowest BCUT2D eigenvalue weighted by Crippen LogP contribution is -2.32. The summed E-state index contributed by atoms with van der Waals surface area (Å²) in [6.07, 6.45) is 4.04. The molecule has 0 aliphatic heterocycles. The van der Waals surface area contributed by atoms with Gasteiger partial charge in [0.2, 0.25) is 5.13 Å². The summed E-state index contributed by atoms with van der Waals surface area (Å²) < 4.78 is 33.9. The van der Waals surface area contributed by atoms with E-state index in [0.717, 1.165) is 12.8 Å². The summed E-state index contributed by atoms with van der Waals surface area (Å²) >= 11 is 1.35. The van der Waals surface area contributed by atoms with E-state index in [0.29, 0.717) is 28.7 Å². The summed E-state index contributed by atoms with van der Waals surface area (Å²) in [5, 5.41) is 16.4. The van der Waals surface area contributed by atoms with Crippen molar-refractivity contribution in [1.29, 1.82) is 0 Å². The molecule has 21 heavy (non-hydrogen) atoms. The molecule has 2 atom stereocenters. The topological polar surface area (TPSA) is 73.1 Å². The second-order valence-corrected chi connectivity index (χ2v) is 5.80. The maximum Gasteiger partial charge on any atom is 0.345 e. The normalized spacial score (nSPS) is 22.6. The summed E-state index contributed by atoms with van der Waals surface area (Å²) in [7, 11) is 0. The monoisotopic (exact) mass is 316 g/mol. The number of hydrogen-bond acceptors (Lipinski definition) is 7. The first-order valence-electron chi connectivity index (χ1n) is 6.65. The number of halogens is 2. The third-order valence-corrected chi connectivity index (χ3v) is 4.21. The second kappa shape index (κ2) is 6.44. The molecule has 1 saturated carbocycles. The number of nitrogens with zero attached hydrogens (tertiary/aromatic N) is 3. The molecule has 0 radical (unpaired) electrons. The molecule has 0 bridgehead atoms. The van der Waals surface area contributed by atoms with Gasteiger partial charge in [-0.1, -0.05) is 16.5 Å². The molecule has 0 spiro atoms. The summed E-state index contributed by atoms with van der Waals surface area (Å²) in [5.74, 6) is 0. The van der Waals surface area contributed by atoms with Crippen molar-refractivity contribution in [2.45, 2.75) is 44.4 Å². The van der Waals surface area contributed by atoms with E-state index >= 15 is 0 Å². The van der Waals surface area contributed by atoms with E-state index in [9.17, 15) is 8.78 Å². The van der Waals surface area contributed by atoms with Gasteiger partial charge in [0.25, 0.3) is 0 Å². The minimum absolute atomic E-state index is 0.0700. The number of nitrogens with one attached hydrogen (secondary N) is 1. The zero-order chi connectivity index (χ0) is 14.7. The number of ether oxygens (including phenoxy) is 1. The quantitative estimate of drug-likeness (QED) is 0.913. The highest BCUT2D eigenvalue weighted by Gasteiger charge is 2.25. The standard InChI is InChI=1S/C12H14F2N4O2S/c13-11(14)20-8-3-1-2-7(6-8)15-12-17-16-10(21-12)9-4-5-19-18-9/h4-5,7-8,11H,1-3,6H2,(H,15,17). The zero-order valence-corrected chi connectivity index (χ0v) is 11.9. The third-order valence-electron chi connectivity index (χ3n) is 3.33. The first kappa shape index (κ1) is 14.3. The van der Waals surface area contributed by atoms with Crippen molar-refractivity contribution in [1.82, 2.24) is 15.4 Å². The molecule has 0 amide bonds. The summed E-state index contributed by atoms with van der Waals surface area (Å²) in [6, 6.07) is 1.78. The molecular formula is C12H14F2N4O2S. The molecule has 6 nitrogen and oxygen atoms in total. The predicted molar refractivity (Wildman–Crippen MR) is 72.2 cm³/mol. The fraction of sp³-hybridized carbons (Fsp3) is 0.583. The van der Waals surface area contributed by atoms with Crippen molar-refractivity contribution in [3.05, 3.63) is 12.3 Å². The number of rotatable bonds is 5. The summed E-state index contributed by atoms with van der Waals surface area (Å²) in [6.45, 7) is -2.71. The van der Waals surface area contributed by atoms with Gasteiger partial charge in [-0.2, -0.15) is 8.78 Å². The Bertz CT molecular complexity index is 563. The lowest BCUT2D eigenvalue weighted by atomic mass is 9.93. The van der Waals surface area contributed by atoms with Crippen LogP contribution in [0.1, 0.15) is 25.7 Å². The number of alkyl halides is 2. The second-order valence-electron chi connectivity index (χ2n) is 4.82. The maximum absolute atomic E-state index is 12.3. The molecule has 1 aliphatic rings. The fourth-order valence-electron chi connectivity index (χ4n) is 2.43. The van der Waals surface area contributed by atoms with E-state index in [1.165, 1.54) is 17.6 Å². The average Bonchev–Trinajstić information content (AvgIpc) is 3.08. The largest absolute Gasteiger partial charge is 0.364 e. The van der Waals surface area contributed by atoms with E-state index in [1.54, 1.807) is 6.07 Å². The van der Waals surface area contributed by atoms with Crippen LogP contribution in [0.25, 0.3) is 10.7 Å². The van der Waals surface area contributed by atoms with E-state index in [-0.39, 0.29) is 6.04 Å². The Morgan fingerprint density at radius 2 is 2.29 bits per heavy atom. The molecule has 0 saturated heterocycles. The smallest absolute Gasteiger partial charge is 0.345 e. The molecule has 9 heteroatoms. The highest BCUT2D eigenvalue weighted by molar-refractivity contribution is 7.18. The van der Waals surface area contributed by atoms with Gasteiger partial charge in [0.1, 0.15) is 12.0 Å². The minimum atomic E-state index is -2.71. The van der Waals surface area contributed by atoms with Gasteiger partial charge in [-0.25, -0.2) is 0 Å². The van der Waals surface area contributed by atoms with Crippen LogP contribution in [0.5, 0.6) is 0 Å². The van der Waals surface area contributed by atoms with E-state index < -0.39 is 12.7 Å². The van der Waals surface area contributed by atoms with Crippen molar-refractivity contribution in [2.24, 2.45) is 0 Å². The Morgan fingerprint density at radius 1 is 1.38 bits per heavy atom. The molecule has 2 aromatic heterocycles. The minimum Gasteiger partial charge on any atom is -0.364 e. The van der Waals surface area contributed by atoms with Crippen LogP contribution in [-0.4, -0.2) is 34.1 Å². The molecule has 0 aromatic carbocycles. The van der Waals surface area contributed by atoms with Gasteiger partial charge in [0.15, 0.2) is 5.01 Å². The molecule has 1 fully saturated rings. The Morgan fingerprint density at radius 3 is 3.05 bits per heavy atom. The highest BCUT2D eigenvalue weighted by atomic mass is 32.1. The van der Waals surface area contributed by atoms with Crippen LogP contribution in [0, 0.1) is 0 Å². The van der Waals surface area contributed by atoms with E-state index in [4.69, 9.17) is 4.52 Å². The number of aromatic nitrogens is 3. The maximum atomic E-state index is 12.3. The SMILES string of the molecule is FC(F)OC1CCCC(Nc2nnc(-c3ccon3)s2)C1. The van der Waals surface area contributed by atoms with Gasteiger partial charge in [0.05, 0.1) is 6.10 Å². The Kier molecular flexibility index (Phi) is 4.39. The van der Waals surface area contributed by atoms with Crippen LogP contribution in [0.2, 0.25) is 0 Å². The molecule has 1 N–H and O–H groups in total. The lowest BCUT2D eigenvalue weighted by molar-refractivity contribution is -0.169. The fourth-order valence-corrected chi connectivity index (χ4v) is 3.21. The average molecular weight is 316 g/mol. The predicted octanol–water partition coefficient (Wildman–Crippen LogP) is 3.16. The Labute approximate surface area is 123 Å². The van der Waals surface area contributed by atoms with Crippen LogP contribution in [0.3, 0.4) is 0 Å². The number of anilines is 1. The van der Waals surface area contributed by atoms with Gasteiger partial charge in [-0.15, -0.1) is 10.2 Å². The van der Waals surface area contributed by atoms with Crippen molar-refractivity contribution in [2.75, 3.05) is 5.32 Å². The van der Waals surface area contributed by atoms with Crippen molar-refractivity contribution in [3.63, 3.8) is 0 Å². The van der Waals surface area contributed by atoms with Gasteiger partial charge >= 0.3 is 6.61 Å². The van der Waals surface area contributed by atoms with Crippen LogP contribution >= 0.6 is 11.3 Å². The molecule has 1 aliphatic carbocycles. The third kappa shape index (κ3) is 3.73. The highest BCUT2D eigenvalue weighted by Crippen LogP contribution is 2.29. The van der Waals surface area contributed by atoms with Crippen LogP contribution in [-0.2, 0) is 4.74 Å². The lowest BCUT2D eigenvalue weighted by Gasteiger charge is -2.29. The van der Waals surface area contributed by atoms with E-state index in [2.05, 4.69) is 25.4 Å². The van der Waals surface area contributed by atoms with Crippen molar-refractivity contribution >= 4 is 16.5 Å². The Balaban J connectivity index is 1.59. The summed E-state index contributed by atoms with van der Waals surface area (Å²) in [5.41, 5.74) is 0.628. The molecule has 2 heterocycles. The molecule has 2 aromatic rings.